The summed E-state index contributed by atoms with van der Waals surface area (Å²) in [5.41, 5.74) is 0.430. The molecule has 0 aliphatic carbocycles. The number of hydrogen-bond donors (Lipinski definition) is 1. The van der Waals surface area contributed by atoms with Gasteiger partial charge in [-0.2, -0.15) is 5.26 Å². The zero-order chi connectivity index (χ0) is 14.4. The van der Waals surface area contributed by atoms with E-state index in [1.807, 2.05) is 31.2 Å². The standard InChI is InChI=1S/C16H22N2O2/c1-16(12-17,18-11-14-7-5-9-20-14)10-13-6-3-4-8-15(13)19-2/h3-4,6,8,14,18H,5,7,9-11H2,1-2H3. The van der Waals surface area contributed by atoms with Crippen molar-refractivity contribution in [3.8, 4) is 11.8 Å². The number of hydrogen-bond acceptors (Lipinski definition) is 4. The van der Waals surface area contributed by atoms with E-state index in [-0.39, 0.29) is 6.10 Å². The van der Waals surface area contributed by atoms with Gasteiger partial charge in [-0.1, -0.05) is 18.2 Å². The summed E-state index contributed by atoms with van der Waals surface area (Å²) in [5.74, 6) is 0.827. The van der Waals surface area contributed by atoms with Crippen LogP contribution in [0.5, 0.6) is 5.75 Å². The van der Waals surface area contributed by atoms with Gasteiger partial charge in [0.15, 0.2) is 0 Å². The molecule has 0 spiro atoms. The third kappa shape index (κ3) is 3.72. The lowest BCUT2D eigenvalue weighted by Gasteiger charge is -2.26. The Morgan fingerprint density at radius 2 is 2.30 bits per heavy atom. The number of ether oxygens (including phenoxy) is 2. The van der Waals surface area contributed by atoms with E-state index in [1.165, 1.54) is 0 Å². The van der Waals surface area contributed by atoms with Gasteiger partial charge in [-0.3, -0.25) is 5.32 Å². The summed E-state index contributed by atoms with van der Waals surface area (Å²) >= 11 is 0. The summed E-state index contributed by atoms with van der Waals surface area (Å²) in [7, 11) is 1.66. The van der Waals surface area contributed by atoms with Crippen LogP contribution in [0.3, 0.4) is 0 Å². The highest BCUT2D eigenvalue weighted by atomic mass is 16.5. The van der Waals surface area contributed by atoms with Crippen LogP contribution in [0.2, 0.25) is 0 Å². The average molecular weight is 274 g/mol. The van der Waals surface area contributed by atoms with Crippen molar-refractivity contribution >= 4 is 0 Å². The molecule has 1 saturated heterocycles. The number of rotatable bonds is 6. The van der Waals surface area contributed by atoms with Crippen LogP contribution in [0.25, 0.3) is 0 Å². The summed E-state index contributed by atoms with van der Waals surface area (Å²) in [5, 5.41) is 12.8. The molecule has 4 nitrogen and oxygen atoms in total. The van der Waals surface area contributed by atoms with Crippen molar-refractivity contribution in [2.24, 2.45) is 0 Å². The molecule has 1 fully saturated rings. The van der Waals surface area contributed by atoms with Crippen molar-refractivity contribution in [3.05, 3.63) is 29.8 Å². The first kappa shape index (κ1) is 14.8. The van der Waals surface area contributed by atoms with E-state index in [4.69, 9.17) is 9.47 Å². The molecule has 2 rings (SSSR count). The Labute approximate surface area is 120 Å². The molecule has 1 heterocycles. The van der Waals surface area contributed by atoms with E-state index < -0.39 is 5.54 Å². The minimum atomic E-state index is -0.611. The van der Waals surface area contributed by atoms with Gasteiger partial charge in [0, 0.05) is 19.6 Å². The van der Waals surface area contributed by atoms with E-state index >= 15 is 0 Å². The Morgan fingerprint density at radius 3 is 2.95 bits per heavy atom. The minimum absolute atomic E-state index is 0.236. The van der Waals surface area contributed by atoms with Gasteiger partial charge in [-0.15, -0.1) is 0 Å². The molecule has 108 valence electrons. The molecular weight excluding hydrogens is 252 g/mol. The molecular formula is C16H22N2O2. The van der Waals surface area contributed by atoms with Crippen molar-refractivity contribution in [3.63, 3.8) is 0 Å². The molecule has 1 aliphatic rings. The predicted octanol–water partition coefficient (Wildman–Crippen LogP) is 2.29. The maximum atomic E-state index is 9.49. The Hall–Kier alpha value is -1.57. The SMILES string of the molecule is COc1ccccc1CC(C)(C#N)NCC1CCCO1. The lowest BCUT2D eigenvalue weighted by atomic mass is 9.93. The van der Waals surface area contributed by atoms with E-state index in [1.54, 1.807) is 7.11 Å². The smallest absolute Gasteiger partial charge is 0.122 e. The lowest BCUT2D eigenvalue weighted by molar-refractivity contribution is 0.105. The summed E-state index contributed by atoms with van der Waals surface area (Å²) in [4.78, 5) is 0. The monoisotopic (exact) mass is 274 g/mol. The highest BCUT2D eigenvalue weighted by Gasteiger charge is 2.27. The maximum Gasteiger partial charge on any atom is 0.122 e. The van der Waals surface area contributed by atoms with Gasteiger partial charge in [-0.25, -0.2) is 0 Å². The molecule has 0 amide bonds. The first-order chi connectivity index (χ1) is 9.67. The van der Waals surface area contributed by atoms with Gasteiger partial charge in [0.1, 0.15) is 11.3 Å². The van der Waals surface area contributed by atoms with Gasteiger partial charge < -0.3 is 9.47 Å². The number of benzene rings is 1. The Balaban J connectivity index is 2.00. The molecule has 1 aromatic carbocycles. The summed E-state index contributed by atoms with van der Waals surface area (Å²) in [6.45, 7) is 3.48. The topological polar surface area (TPSA) is 54.3 Å². The van der Waals surface area contributed by atoms with Crippen LogP contribution in [0.15, 0.2) is 24.3 Å². The molecule has 0 radical (unpaired) electrons. The summed E-state index contributed by atoms with van der Waals surface area (Å²) < 4.78 is 10.9. The van der Waals surface area contributed by atoms with Crippen molar-refractivity contribution in [1.82, 2.24) is 5.32 Å². The fourth-order valence-electron chi connectivity index (χ4n) is 2.52. The fourth-order valence-corrected chi connectivity index (χ4v) is 2.52. The molecule has 2 atom stereocenters. The van der Waals surface area contributed by atoms with Gasteiger partial charge in [0.05, 0.1) is 19.3 Å². The van der Waals surface area contributed by atoms with Crippen LogP contribution >= 0.6 is 0 Å². The molecule has 0 saturated carbocycles. The summed E-state index contributed by atoms with van der Waals surface area (Å²) in [6.07, 6.45) is 3.03. The lowest BCUT2D eigenvalue weighted by Crippen LogP contribution is -2.46. The fraction of sp³-hybridized carbons (Fsp3) is 0.562. The summed E-state index contributed by atoms with van der Waals surface area (Å²) in [6, 6.07) is 10.2. The molecule has 1 N–H and O–H groups in total. The average Bonchev–Trinajstić information content (AvgIpc) is 2.99. The van der Waals surface area contributed by atoms with Crippen LogP contribution in [0.1, 0.15) is 25.3 Å². The Morgan fingerprint density at radius 1 is 1.50 bits per heavy atom. The highest BCUT2D eigenvalue weighted by molar-refractivity contribution is 5.35. The highest BCUT2D eigenvalue weighted by Crippen LogP contribution is 2.23. The molecule has 2 unspecified atom stereocenters. The molecule has 4 heteroatoms. The molecule has 20 heavy (non-hydrogen) atoms. The first-order valence-electron chi connectivity index (χ1n) is 7.06. The number of nitrogens with zero attached hydrogens (tertiary/aromatic N) is 1. The number of methoxy groups -OCH3 is 1. The van der Waals surface area contributed by atoms with Gasteiger partial charge in [-0.05, 0) is 31.4 Å². The number of nitrogens with one attached hydrogen (secondary N) is 1. The minimum Gasteiger partial charge on any atom is -0.496 e. The molecule has 1 aliphatic heterocycles. The second-order valence-electron chi connectivity index (χ2n) is 5.45. The van der Waals surface area contributed by atoms with Gasteiger partial charge in [0.2, 0.25) is 0 Å². The van der Waals surface area contributed by atoms with E-state index in [0.29, 0.717) is 6.42 Å². The van der Waals surface area contributed by atoms with E-state index in [0.717, 1.165) is 37.3 Å². The third-order valence-electron chi connectivity index (χ3n) is 3.73. The second-order valence-corrected chi connectivity index (χ2v) is 5.45. The van der Waals surface area contributed by atoms with Gasteiger partial charge in [0.25, 0.3) is 0 Å². The largest absolute Gasteiger partial charge is 0.496 e. The molecule has 0 aromatic heterocycles. The van der Waals surface area contributed by atoms with Crippen LogP contribution in [-0.4, -0.2) is 31.9 Å². The van der Waals surface area contributed by atoms with E-state index in [9.17, 15) is 5.26 Å². The Kier molecular flexibility index (Phi) is 4.99. The number of para-hydroxylation sites is 1. The third-order valence-corrected chi connectivity index (χ3v) is 3.73. The predicted molar refractivity (Wildman–Crippen MR) is 77.7 cm³/mol. The second kappa shape index (κ2) is 6.74. The molecule has 0 bridgehead atoms. The van der Waals surface area contributed by atoms with Crippen LogP contribution in [-0.2, 0) is 11.2 Å². The quantitative estimate of drug-likeness (QED) is 0.864. The van der Waals surface area contributed by atoms with Crippen LogP contribution < -0.4 is 10.1 Å². The van der Waals surface area contributed by atoms with Crippen LogP contribution in [0, 0.1) is 11.3 Å². The first-order valence-corrected chi connectivity index (χ1v) is 7.06. The Bertz CT molecular complexity index is 478. The zero-order valence-electron chi connectivity index (χ0n) is 12.2. The van der Waals surface area contributed by atoms with E-state index in [2.05, 4.69) is 11.4 Å². The van der Waals surface area contributed by atoms with Gasteiger partial charge >= 0.3 is 0 Å². The van der Waals surface area contributed by atoms with Crippen molar-refractivity contribution in [2.45, 2.75) is 37.8 Å². The van der Waals surface area contributed by atoms with Crippen molar-refractivity contribution in [1.29, 1.82) is 5.26 Å². The maximum absolute atomic E-state index is 9.49. The van der Waals surface area contributed by atoms with Crippen molar-refractivity contribution in [2.75, 3.05) is 20.3 Å². The van der Waals surface area contributed by atoms with Crippen molar-refractivity contribution < 1.29 is 9.47 Å². The molecule has 1 aromatic rings. The normalized spacial score (nSPS) is 21.1. The zero-order valence-corrected chi connectivity index (χ0v) is 12.2. The van der Waals surface area contributed by atoms with Crippen LogP contribution in [0.4, 0.5) is 0 Å². The number of nitriles is 1.